The number of sulfonamides is 1. The number of aliphatic hydroxyl groups excluding tert-OH is 3. The zero-order valence-corrected chi connectivity index (χ0v) is 60.0. The Bertz CT molecular complexity index is 3530. The van der Waals surface area contributed by atoms with Gasteiger partial charge in [-0.1, -0.05) is 12.1 Å². The third kappa shape index (κ3) is 34.4. The van der Waals surface area contributed by atoms with Crippen molar-refractivity contribution in [2.24, 2.45) is 7.05 Å². The number of nitrogens with zero attached hydrogens (tertiary/aromatic N) is 5. The van der Waals surface area contributed by atoms with E-state index >= 15 is 0 Å². The molecule has 0 aliphatic carbocycles. The number of aryl methyl sites for hydroxylation is 3. The minimum atomic E-state index is -4.74. The van der Waals surface area contributed by atoms with Crippen LogP contribution in [0, 0.1) is 53.8 Å². The van der Waals surface area contributed by atoms with Crippen molar-refractivity contribution in [2.75, 3.05) is 157 Å². The summed E-state index contributed by atoms with van der Waals surface area (Å²) in [4.78, 5) is 109. The second-order valence-corrected chi connectivity index (χ2v) is 25.7. The first-order valence-corrected chi connectivity index (χ1v) is 33.7. The number of amides is 3. The van der Waals surface area contributed by atoms with E-state index < -0.39 is 112 Å². The van der Waals surface area contributed by atoms with E-state index in [1.165, 1.54) is 62.1 Å². The number of hydrogen-bond donors (Lipinski definition) is 14. The minimum absolute atomic E-state index is 0. The number of anilines is 1. The largest absolute Gasteiger partial charge is 2.00 e. The number of benzene rings is 2. The van der Waals surface area contributed by atoms with Gasteiger partial charge < -0.3 is 95.7 Å². The summed E-state index contributed by atoms with van der Waals surface area (Å²) >= 11 is 0. The number of ether oxygens (including phenoxy) is 4. The molecule has 4 aromatic rings. The van der Waals surface area contributed by atoms with Crippen LogP contribution in [-0.2, 0) is 76.7 Å². The molecule has 0 aliphatic heterocycles. The fourth-order valence-corrected chi connectivity index (χ4v) is 12.0. The molecule has 0 saturated carbocycles. The molecule has 99 heavy (non-hydrogen) atoms. The SMILES string of the molecule is CO.Cc1cc(OCCCC(=O)NCCCOCCOCCOCCCNC(=O)[C@H](CS(=O)(=O)O)NC(=CCN(CO)CC[N+](C)(CC(=O)O)CC(=O)CO)CN(C)CC(=O)O)cc(C)c1S(=O)(=O)NC(CNC(=O)c1cn(C)c2cc(CNc3ncc[nH]3)ccc2c1=O)C(=O)O.O.[Gd+2]. The van der Waals surface area contributed by atoms with Gasteiger partial charge >= 0.3 is 57.8 Å². The molecule has 2 unspecified atom stereocenters. The van der Waals surface area contributed by atoms with Crippen LogP contribution < -0.4 is 41.5 Å². The molecule has 0 fully saturated rings. The Morgan fingerprint density at radius 3 is 2.01 bits per heavy atom. The summed E-state index contributed by atoms with van der Waals surface area (Å²) in [7, 11) is -3.63. The Kier molecular flexibility index (Phi) is 42.5. The van der Waals surface area contributed by atoms with Gasteiger partial charge in [-0.3, -0.25) is 47.9 Å². The number of pyridine rings is 1. The molecule has 556 valence electrons. The summed E-state index contributed by atoms with van der Waals surface area (Å²) in [6.07, 6.45) is 7.33. The molecule has 3 amide bonds. The maximum Gasteiger partial charge on any atom is 2.00 e. The van der Waals surface area contributed by atoms with E-state index in [4.69, 9.17) is 24.1 Å². The van der Waals surface area contributed by atoms with Crippen LogP contribution in [0.1, 0.15) is 52.7 Å². The molecule has 39 heteroatoms. The van der Waals surface area contributed by atoms with Gasteiger partial charge in [0.15, 0.2) is 12.5 Å². The number of ketones is 1. The van der Waals surface area contributed by atoms with Gasteiger partial charge in [-0.2, -0.15) is 13.1 Å². The summed E-state index contributed by atoms with van der Waals surface area (Å²) in [6, 6.07) is 4.65. The fourth-order valence-electron chi connectivity index (χ4n) is 9.67. The smallest absolute Gasteiger partial charge is 0.494 e. The molecule has 2 aromatic heterocycles. The normalized spacial score (nSPS) is 12.8. The number of carboxylic acids is 3. The van der Waals surface area contributed by atoms with Crippen LogP contribution in [0.5, 0.6) is 5.75 Å². The Morgan fingerprint density at radius 1 is 0.818 bits per heavy atom. The Hall–Kier alpha value is -6.77. The van der Waals surface area contributed by atoms with Gasteiger partial charge in [-0.15, -0.1) is 0 Å². The van der Waals surface area contributed by atoms with Crippen LogP contribution in [0.2, 0.25) is 0 Å². The molecule has 16 N–H and O–H groups in total. The molecule has 0 radical (unpaired) electrons. The number of Topliss-reactive ketones (excluding diaryl/α,β-unsaturated/α-hetero) is 1. The van der Waals surface area contributed by atoms with E-state index in [1.54, 1.807) is 42.2 Å². The first-order chi connectivity index (χ1) is 45.9. The monoisotopic (exact) mass is 1590 g/mol. The molecular formula is C60H95GdN12O24S2+3. The Morgan fingerprint density at radius 2 is 1.44 bits per heavy atom. The standard InChI is InChI=1S/C59H88N12O22S2.CH4O.Gd.H2O/c1-40-27-45(28-41(2)55(40)95(88,89)67-48(58(83)84)31-64-56(81)47-33-69(4)50-29-42(10-11-46(50)54(47)80)30-65-59-62-15-16-63-59)93-22-6-9-51(75)60-13-7-20-90-23-25-92-26-24-91-21-8-14-61-57(82)49(38-94(85,86)87)66-43(32-68(3)34-52(76)77)12-17-70(39-73)18-19-71(5,36-53(78)79)35-44(74)37-72;1-2;;/h10-12,15-16,27-29,33,48-49,66-67,72-73H,6-9,13-14,17-26,30-32,34-39H2,1-5H3,(H8-,60,61,62,63,64,65,75,76,77,78,79,81,82,83,84,85,86,87);2H,1H3;;1H2/q;;+2;/p+1/t48?,49-,71?;;;/m0.../s1. The number of carboxylic acid groups (broad SMARTS) is 3. The number of quaternary nitrogens is 1. The number of aromatic nitrogens is 3. The molecule has 0 bridgehead atoms. The summed E-state index contributed by atoms with van der Waals surface area (Å²) in [5.41, 5.74) is 1.14. The molecule has 3 atom stereocenters. The fraction of sp³-hybridized carbons (Fsp3) is 0.550. The summed E-state index contributed by atoms with van der Waals surface area (Å²) < 4.78 is 86.9. The molecule has 0 spiro atoms. The van der Waals surface area contributed by atoms with Gasteiger partial charge in [-0.25, -0.2) is 18.2 Å². The topological polar surface area (TPSA) is 527 Å². The van der Waals surface area contributed by atoms with Gasteiger partial charge in [0.2, 0.25) is 33.0 Å². The number of carbonyl (C=O) groups excluding carboxylic acids is 4. The van der Waals surface area contributed by atoms with Crippen molar-refractivity contribution in [3.05, 3.63) is 93.2 Å². The minimum Gasteiger partial charge on any atom is -0.494 e. The van der Waals surface area contributed by atoms with Crippen molar-refractivity contribution in [1.29, 1.82) is 0 Å². The zero-order valence-electron chi connectivity index (χ0n) is 56.1. The van der Waals surface area contributed by atoms with Crippen molar-refractivity contribution in [3.63, 3.8) is 0 Å². The number of aromatic amines is 1. The van der Waals surface area contributed by atoms with Gasteiger partial charge in [0, 0.05) is 103 Å². The molecule has 2 aromatic carbocycles. The zero-order chi connectivity index (χ0) is 72.3. The van der Waals surface area contributed by atoms with Crippen LogP contribution >= 0.6 is 0 Å². The average Bonchev–Trinajstić information content (AvgIpc) is 0.926. The van der Waals surface area contributed by atoms with Gasteiger partial charge in [0.1, 0.15) is 42.3 Å². The van der Waals surface area contributed by atoms with E-state index in [0.717, 1.165) is 12.7 Å². The number of aliphatic hydroxyl groups is 3. The van der Waals surface area contributed by atoms with E-state index in [1.807, 2.05) is 0 Å². The number of H-pyrrole nitrogens is 1. The van der Waals surface area contributed by atoms with Crippen LogP contribution in [0.15, 0.2) is 70.4 Å². The predicted molar refractivity (Wildman–Crippen MR) is 355 cm³/mol. The predicted octanol–water partition coefficient (Wildman–Crippen LogP) is -3.25. The van der Waals surface area contributed by atoms with Gasteiger partial charge in [0.05, 0.1) is 76.9 Å². The van der Waals surface area contributed by atoms with Crippen LogP contribution in [0.25, 0.3) is 10.9 Å². The average molecular weight is 1590 g/mol. The molecular weight excluding hydrogens is 1490 g/mol. The summed E-state index contributed by atoms with van der Waals surface area (Å²) in [6.45, 7) is 2.01. The van der Waals surface area contributed by atoms with E-state index in [-0.39, 0.29) is 174 Å². The number of aliphatic carboxylic acids is 3. The molecule has 0 aliphatic rings. The number of nitrogens with one attached hydrogen (secondary N) is 7. The first kappa shape index (κ1) is 90.2. The van der Waals surface area contributed by atoms with Crippen molar-refractivity contribution in [3.8, 4) is 5.75 Å². The van der Waals surface area contributed by atoms with E-state index in [2.05, 4.69) is 41.3 Å². The molecule has 36 nitrogen and oxygen atoms in total. The third-order valence-corrected chi connectivity index (χ3v) is 16.8. The molecule has 2 heterocycles. The number of likely N-dealkylation sites (N-methyl/N-ethyl adjacent to an activating group) is 2. The number of carbonyl (C=O) groups is 7. The Labute approximate surface area is 605 Å². The van der Waals surface area contributed by atoms with Crippen molar-refractivity contribution in [1.82, 2.24) is 50.3 Å². The quantitative estimate of drug-likeness (QED) is 0.00894. The van der Waals surface area contributed by atoms with Crippen LogP contribution in [0.3, 0.4) is 0 Å². The van der Waals surface area contributed by atoms with Crippen molar-refractivity contribution in [2.45, 2.75) is 63.1 Å². The number of imidazole rings is 1. The van der Waals surface area contributed by atoms with E-state index in [0.29, 0.717) is 56.2 Å². The second-order valence-electron chi connectivity index (χ2n) is 22.6. The summed E-state index contributed by atoms with van der Waals surface area (Å²) in [5.74, 6) is -6.66. The van der Waals surface area contributed by atoms with Gasteiger partial charge in [-0.05, 0) is 81.1 Å². The summed E-state index contributed by atoms with van der Waals surface area (Å²) in [5, 5.41) is 68.9. The maximum absolute atomic E-state index is 13.6. The third-order valence-electron chi connectivity index (χ3n) is 14.2. The number of hydrogen-bond acceptors (Lipinski definition) is 24. The van der Waals surface area contributed by atoms with Gasteiger partial charge in [0.25, 0.3) is 16.0 Å². The van der Waals surface area contributed by atoms with E-state index in [9.17, 15) is 85.3 Å². The second kappa shape index (κ2) is 46.6. The van der Waals surface area contributed by atoms with Crippen LogP contribution in [0.4, 0.5) is 5.95 Å². The van der Waals surface area contributed by atoms with Crippen molar-refractivity contribution >= 4 is 78.4 Å². The number of fused-ring (bicyclic) bond motifs is 1. The molecule has 4 rings (SSSR count). The Balaban J connectivity index is 0.0000121. The van der Waals surface area contributed by atoms with Crippen LogP contribution in [-0.4, -0.2) is 292 Å². The first-order valence-electron chi connectivity index (χ1n) is 30.6. The number of rotatable bonds is 49. The molecule has 0 saturated heterocycles. The maximum atomic E-state index is 13.6. The van der Waals surface area contributed by atoms with Crippen molar-refractivity contribution < 1.29 is 154 Å².